The van der Waals surface area contributed by atoms with Crippen LogP contribution in [-0.2, 0) is 4.79 Å². The van der Waals surface area contributed by atoms with Crippen molar-refractivity contribution in [3.05, 3.63) is 111 Å². The highest BCUT2D eigenvalue weighted by Crippen LogP contribution is 2.44. The molecule has 0 aliphatic carbocycles. The first-order chi connectivity index (χ1) is 19.2. The van der Waals surface area contributed by atoms with Crippen LogP contribution in [0.5, 0.6) is 0 Å². The number of anilines is 2. The van der Waals surface area contributed by atoms with Gasteiger partial charge in [-0.05, 0) is 63.9 Å². The van der Waals surface area contributed by atoms with Gasteiger partial charge in [0.05, 0.1) is 22.2 Å². The zero-order valence-electron chi connectivity index (χ0n) is 23.4. The summed E-state index contributed by atoms with van der Waals surface area (Å²) in [6, 6.07) is 22.6. The van der Waals surface area contributed by atoms with Gasteiger partial charge in [-0.2, -0.15) is 0 Å². The van der Waals surface area contributed by atoms with Crippen LogP contribution in [0.25, 0.3) is 10.6 Å². The molecule has 1 atom stereocenters. The molecule has 0 fully saturated rings. The van der Waals surface area contributed by atoms with Gasteiger partial charge in [-0.3, -0.25) is 14.5 Å². The number of thiazole rings is 1. The molecule has 1 aromatic heterocycles. The molecule has 1 amide bonds. The molecule has 1 aliphatic rings. The summed E-state index contributed by atoms with van der Waals surface area (Å²) < 4.78 is 0. The van der Waals surface area contributed by atoms with Crippen molar-refractivity contribution in [1.82, 2.24) is 4.98 Å². The Hall–Kier alpha value is -4.23. The second-order valence-corrected chi connectivity index (χ2v) is 11.0. The first-order valence-electron chi connectivity index (χ1n) is 13.5. The van der Waals surface area contributed by atoms with Crippen LogP contribution in [-0.4, -0.2) is 34.9 Å². The van der Waals surface area contributed by atoms with Crippen molar-refractivity contribution in [2.24, 2.45) is 0 Å². The predicted octanol–water partition coefficient (Wildman–Crippen LogP) is 7.36. The molecule has 1 aliphatic heterocycles. The molecule has 3 aromatic carbocycles. The number of Topliss-reactive ketones (excluding diaryl/α,β-unsaturated/α-hetero) is 1. The van der Waals surface area contributed by atoms with Gasteiger partial charge in [0, 0.05) is 30.0 Å². The summed E-state index contributed by atoms with van der Waals surface area (Å²) in [4.78, 5) is 36.8. The number of carbonyl (C=O) groups is 2. The number of benzene rings is 3. The molecule has 1 unspecified atom stereocenters. The van der Waals surface area contributed by atoms with E-state index >= 15 is 0 Å². The Bertz CT molecular complexity index is 1600. The third-order valence-corrected chi connectivity index (χ3v) is 8.63. The molecule has 1 N–H and O–H groups in total. The molecule has 0 saturated heterocycles. The molecule has 4 aromatic rings. The van der Waals surface area contributed by atoms with E-state index in [1.54, 1.807) is 11.8 Å². The molecule has 6 nitrogen and oxygen atoms in total. The summed E-state index contributed by atoms with van der Waals surface area (Å²) in [5.74, 6) is -1.48. The van der Waals surface area contributed by atoms with Gasteiger partial charge in [-0.25, -0.2) is 4.98 Å². The summed E-state index contributed by atoms with van der Waals surface area (Å²) in [6.07, 6.45) is 0. The van der Waals surface area contributed by atoms with E-state index in [2.05, 4.69) is 23.7 Å². The average molecular weight is 552 g/mol. The minimum Gasteiger partial charge on any atom is -0.503 e. The molecular formula is C33H33N3O3S. The van der Waals surface area contributed by atoms with Crippen LogP contribution in [0.4, 0.5) is 11.4 Å². The number of aliphatic hydroxyl groups excluding tert-OH is 1. The Morgan fingerprint density at radius 3 is 2.27 bits per heavy atom. The summed E-state index contributed by atoms with van der Waals surface area (Å²) in [6.45, 7) is 11.7. The van der Waals surface area contributed by atoms with Gasteiger partial charge in [0.15, 0.2) is 5.76 Å². The van der Waals surface area contributed by atoms with Gasteiger partial charge in [-0.15, -0.1) is 11.3 Å². The fraction of sp³-hybridized carbons (Fsp3) is 0.242. The average Bonchev–Trinajstić information content (AvgIpc) is 3.47. The number of ketones is 1. The van der Waals surface area contributed by atoms with Crippen LogP contribution < -0.4 is 9.80 Å². The van der Waals surface area contributed by atoms with Crippen molar-refractivity contribution in [3.63, 3.8) is 0 Å². The highest BCUT2D eigenvalue weighted by molar-refractivity contribution is 7.17. The molecule has 0 bridgehead atoms. The van der Waals surface area contributed by atoms with E-state index in [0.29, 0.717) is 16.3 Å². The van der Waals surface area contributed by atoms with Gasteiger partial charge in [0.2, 0.25) is 5.78 Å². The number of aliphatic hydroxyl groups is 1. The molecule has 0 spiro atoms. The lowest BCUT2D eigenvalue weighted by Crippen LogP contribution is -2.31. The van der Waals surface area contributed by atoms with Crippen LogP contribution in [0.2, 0.25) is 0 Å². The minimum atomic E-state index is -0.783. The van der Waals surface area contributed by atoms with Gasteiger partial charge in [-0.1, -0.05) is 60.2 Å². The summed E-state index contributed by atoms with van der Waals surface area (Å²) in [5, 5.41) is 12.0. The van der Waals surface area contributed by atoms with Crippen molar-refractivity contribution < 1.29 is 14.7 Å². The zero-order chi connectivity index (χ0) is 28.6. The highest BCUT2D eigenvalue weighted by atomic mass is 32.1. The quantitative estimate of drug-likeness (QED) is 0.232. The highest BCUT2D eigenvalue weighted by Gasteiger charge is 2.45. The monoisotopic (exact) mass is 551 g/mol. The van der Waals surface area contributed by atoms with Crippen molar-refractivity contribution in [3.8, 4) is 10.6 Å². The number of rotatable bonds is 8. The van der Waals surface area contributed by atoms with Crippen LogP contribution in [0.3, 0.4) is 0 Å². The topological polar surface area (TPSA) is 73.7 Å². The molecular weight excluding hydrogens is 518 g/mol. The van der Waals surface area contributed by atoms with Crippen molar-refractivity contribution in [1.29, 1.82) is 0 Å². The molecule has 40 heavy (non-hydrogen) atoms. The summed E-state index contributed by atoms with van der Waals surface area (Å²) in [7, 11) is 0. The zero-order valence-corrected chi connectivity index (χ0v) is 24.2. The molecule has 5 rings (SSSR count). The fourth-order valence-corrected chi connectivity index (χ4v) is 6.39. The van der Waals surface area contributed by atoms with Crippen LogP contribution >= 0.6 is 11.3 Å². The number of nitrogens with zero attached hydrogens (tertiary/aromatic N) is 3. The lowest BCUT2D eigenvalue weighted by molar-refractivity contribution is -0.117. The second kappa shape index (κ2) is 11.1. The van der Waals surface area contributed by atoms with Gasteiger partial charge in [0.1, 0.15) is 5.01 Å². The standard InChI is InChI=1S/C33H33N3O3S/c1-6-35(7-2)25-16-14-23(15-17-25)28-27(30(38)33(39)36(28)26-18-13-20(3)19-21(26)4)29(37)31-22(5)34-32(40-31)24-11-9-8-10-12-24/h8-19,28,38H,6-7H2,1-5H3. The lowest BCUT2D eigenvalue weighted by Gasteiger charge is -2.29. The first kappa shape index (κ1) is 27.3. The van der Waals surface area contributed by atoms with E-state index in [0.717, 1.165) is 46.0 Å². The Balaban J connectivity index is 1.63. The Kier molecular flexibility index (Phi) is 7.59. The van der Waals surface area contributed by atoms with E-state index in [9.17, 15) is 14.7 Å². The van der Waals surface area contributed by atoms with E-state index < -0.39 is 17.7 Å². The van der Waals surface area contributed by atoms with Crippen LogP contribution in [0, 0.1) is 20.8 Å². The van der Waals surface area contributed by atoms with E-state index in [-0.39, 0.29) is 11.4 Å². The Morgan fingerprint density at radius 2 is 1.65 bits per heavy atom. The number of carbonyl (C=O) groups excluding carboxylic acids is 2. The van der Waals surface area contributed by atoms with Gasteiger partial charge >= 0.3 is 0 Å². The normalized spacial score (nSPS) is 15.2. The Morgan fingerprint density at radius 1 is 0.975 bits per heavy atom. The fourth-order valence-electron chi connectivity index (χ4n) is 5.37. The van der Waals surface area contributed by atoms with Crippen molar-refractivity contribution in [2.45, 2.75) is 40.7 Å². The number of aryl methyl sites for hydroxylation is 3. The maximum atomic E-state index is 14.2. The Labute approximate surface area is 239 Å². The predicted molar refractivity (Wildman–Crippen MR) is 162 cm³/mol. The van der Waals surface area contributed by atoms with Gasteiger partial charge in [0.25, 0.3) is 5.91 Å². The number of hydrogen-bond acceptors (Lipinski definition) is 6. The largest absolute Gasteiger partial charge is 0.503 e. The van der Waals surface area contributed by atoms with Gasteiger partial charge < -0.3 is 10.0 Å². The van der Waals surface area contributed by atoms with Crippen molar-refractivity contribution in [2.75, 3.05) is 22.9 Å². The molecule has 0 radical (unpaired) electrons. The van der Waals surface area contributed by atoms with Crippen molar-refractivity contribution >= 4 is 34.4 Å². The van der Waals surface area contributed by atoms with E-state index in [1.807, 2.05) is 86.6 Å². The first-order valence-corrected chi connectivity index (χ1v) is 14.3. The third kappa shape index (κ3) is 4.82. The summed E-state index contributed by atoms with van der Waals surface area (Å²) in [5.41, 5.74) is 5.99. The van der Waals surface area contributed by atoms with Crippen LogP contribution in [0.15, 0.2) is 84.1 Å². The lowest BCUT2D eigenvalue weighted by atomic mass is 9.94. The number of hydrogen-bond donors (Lipinski definition) is 1. The molecule has 2 heterocycles. The molecule has 204 valence electrons. The van der Waals surface area contributed by atoms with Crippen LogP contribution in [0.1, 0.15) is 51.9 Å². The number of aromatic nitrogens is 1. The van der Waals surface area contributed by atoms with E-state index in [1.165, 1.54) is 11.3 Å². The minimum absolute atomic E-state index is 0.0759. The maximum absolute atomic E-state index is 14.2. The molecule has 0 saturated carbocycles. The smallest absolute Gasteiger partial charge is 0.294 e. The second-order valence-electron chi connectivity index (χ2n) is 10.0. The SMILES string of the molecule is CCN(CC)c1ccc(C2C(C(=O)c3sc(-c4ccccc4)nc3C)=C(O)C(=O)N2c2ccc(C)cc2C)cc1. The summed E-state index contributed by atoms with van der Waals surface area (Å²) >= 11 is 1.28. The third-order valence-electron chi connectivity index (χ3n) is 7.43. The van der Waals surface area contributed by atoms with E-state index in [4.69, 9.17) is 0 Å². The maximum Gasteiger partial charge on any atom is 0.294 e. The molecule has 7 heteroatoms. The number of amides is 1.